The first-order valence-corrected chi connectivity index (χ1v) is 0. The molecule has 0 saturated heterocycles. The van der Waals surface area contributed by atoms with Crippen LogP contribution in [0, 0.1) is 0 Å². The Bertz CT molecular complexity index is 6.00. The van der Waals surface area contributed by atoms with Gasteiger partial charge in [0.2, 0.25) is 0 Å². The van der Waals surface area contributed by atoms with Gasteiger partial charge in [-0.2, -0.15) is 27.0 Å². The summed E-state index contributed by atoms with van der Waals surface area (Å²) in [6, 6.07) is 0. The van der Waals surface area contributed by atoms with Crippen LogP contribution in [0.2, 0.25) is 0 Å². The predicted molar refractivity (Wildman–Crippen MR) is 26.5 cm³/mol. The predicted octanol–water partition coefficient (Wildman–Crippen LogP) is -0.158. The van der Waals surface area contributed by atoms with Gasteiger partial charge in [0.05, 0.1) is 0 Å². The van der Waals surface area contributed by atoms with Crippen molar-refractivity contribution in [2.75, 3.05) is 0 Å². The summed E-state index contributed by atoms with van der Waals surface area (Å²) >= 11 is 0. The van der Waals surface area contributed by atoms with E-state index in [9.17, 15) is 0 Å². The maximum atomic E-state index is 0. The zero-order valence-electron chi connectivity index (χ0n) is 2.28. The van der Waals surface area contributed by atoms with E-state index in [4.69, 9.17) is 0 Å². The van der Waals surface area contributed by atoms with E-state index < -0.39 is 0 Å². The largest absolute Gasteiger partial charge is 2.00 e. The topological polar surface area (TPSA) is 0 Å². The Morgan fingerprint density at radius 2 is 0.750 bits per heavy atom. The molecule has 0 saturated carbocycles. The van der Waals surface area contributed by atoms with Crippen molar-refractivity contribution < 1.29 is 25.8 Å². The van der Waals surface area contributed by atoms with Crippen molar-refractivity contribution in [3.63, 3.8) is 0 Å². The van der Waals surface area contributed by atoms with Crippen LogP contribution in [0.25, 0.3) is 0 Å². The first-order valence-electron chi connectivity index (χ1n) is 0. The molecule has 0 rings (SSSR count). The third kappa shape index (κ3) is 8.84. The molecule has 4 heteroatoms. The quantitative estimate of drug-likeness (QED) is 0.407. The van der Waals surface area contributed by atoms with Crippen molar-refractivity contribution in [3.05, 3.63) is 0 Å². The van der Waals surface area contributed by atoms with Gasteiger partial charge in [-0.3, -0.25) is 0 Å². The standard InChI is InChI=1S/Mg.2H2S.Sc/h;2*1H2;/q+2;;;. The van der Waals surface area contributed by atoms with Gasteiger partial charge in [0, 0.05) is 25.8 Å². The first kappa shape index (κ1) is 33.1. The van der Waals surface area contributed by atoms with Crippen molar-refractivity contribution >= 4 is 50.0 Å². The average Bonchev–Trinajstić information content (AvgIpc) is 0. The van der Waals surface area contributed by atoms with Crippen molar-refractivity contribution in [3.8, 4) is 0 Å². The molecule has 0 aliphatic heterocycles. The van der Waals surface area contributed by atoms with E-state index in [2.05, 4.69) is 0 Å². The SMILES string of the molecule is S.S.[Mg+2].[Sc]. The molecule has 0 aromatic heterocycles. The third-order valence-electron chi connectivity index (χ3n) is 0. The Kier molecular flexibility index (Phi) is 152. The van der Waals surface area contributed by atoms with Crippen LogP contribution in [0.3, 0.4) is 0 Å². The second kappa shape index (κ2) is 18.4. The molecule has 0 aliphatic rings. The van der Waals surface area contributed by atoms with Gasteiger partial charge in [-0.05, 0) is 0 Å². The zero-order valence-corrected chi connectivity index (χ0v) is 7.50. The normalized spacial score (nSPS) is 0. The van der Waals surface area contributed by atoms with Gasteiger partial charge in [-0.15, -0.1) is 0 Å². The van der Waals surface area contributed by atoms with Gasteiger partial charge >= 0.3 is 23.1 Å². The summed E-state index contributed by atoms with van der Waals surface area (Å²) < 4.78 is 0. The zero-order chi connectivity index (χ0) is 0. The monoisotopic (exact) mass is 137 g/mol. The van der Waals surface area contributed by atoms with Crippen LogP contribution in [0.4, 0.5) is 0 Å². The maximum Gasteiger partial charge on any atom is 2.00 e. The molecule has 0 aromatic rings. The van der Waals surface area contributed by atoms with E-state index in [1.165, 1.54) is 0 Å². The smallest absolute Gasteiger partial charge is 0.197 e. The van der Waals surface area contributed by atoms with Crippen LogP contribution in [0.5, 0.6) is 0 Å². The molecule has 0 spiro atoms. The molecule has 1 radical (unpaired) electrons. The van der Waals surface area contributed by atoms with Gasteiger partial charge in [-0.1, -0.05) is 0 Å². The Hall–Kier alpha value is 2.34. The summed E-state index contributed by atoms with van der Waals surface area (Å²) in [5.41, 5.74) is 0. The van der Waals surface area contributed by atoms with Crippen molar-refractivity contribution in [1.29, 1.82) is 0 Å². The van der Waals surface area contributed by atoms with Gasteiger partial charge < -0.3 is 0 Å². The summed E-state index contributed by atoms with van der Waals surface area (Å²) in [5.74, 6) is 0. The average molecular weight is 137 g/mol. The summed E-state index contributed by atoms with van der Waals surface area (Å²) in [7, 11) is 0. The summed E-state index contributed by atoms with van der Waals surface area (Å²) in [4.78, 5) is 0. The first-order chi connectivity index (χ1) is 0. The fourth-order valence-electron chi connectivity index (χ4n) is 0. The number of hydrogen-bond donors (Lipinski definition) is 0. The van der Waals surface area contributed by atoms with Crippen LogP contribution < -0.4 is 0 Å². The number of rotatable bonds is 0. The Morgan fingerprint density at radius 1 is 0.750 bits per heavy atom. The summed E-state index contributed by atoms with van der Waals surface area (Å²) in [5, 5.41) is 0. The Balaban J connectivity index is 0. The molecule has 0 aliphatic carbocycles. The van der Waals surface area contributed by atoms with Gasteiger partial charge in [-0.25, -0.2) is 0 Å². The van der Waals surface area contributed by atoms with Crippen LogP contribution in [0.15, 0.2) is 0 Å². The van der Waals surface area contributed by atoms with Crippen molar-refractivity contribution in [2.45, 2.75) is 0 Å². The van der Waals surface area contributed by atoms with E-state index in [0.29, 0.717) is 0 Å². The van der Waals surface area contributed by atoms with E-state index in [0.717, 1.165) is 0 Å². The Labute approximate surface area is 74.9 Å². The molecule has 0 bridgehead atoms. The van der Waals surface area contributed by atoms with Crippen LogP contribution >= 0.6 is 27.0 Å². The van der Waals surface area contributed by atoms with Crippen LogP contribution in [0.1, 0.15) is 0 Å². The second-order valence-electron chi connectivity index (χ2n) is 0. The third-order valence-corrected chi connectivity index (χ3v) is 0. The minimum Gasteiger partial charge on any atom is -0.197 e. The molecule has 19 valence electrons. The number of hydrogen-bond acceptors (Lipinski definition) is 0. The summed E-state index contributed by atoms with van der Waals surface area (Å²) in [6.07, 6.45) is 0. The van der Waals surface area contributed by atoms with E-state index in [1.54, 1.807) is 0 Å². The Morgan fingerprint density at radius 3 is 0.750 bits per heavy atom. The van der Waals surface area contributed by atoms with Gasteiger partial charge in [0.1, 0.15) is 0 Å². The van der Waals surface area contributed by atoms with Gasteiger partial charge in [0.25, 0.3) is 0 Å². The fraction of sp³-hybridized carbons (Fsp3) is 0. The van der Waals surface area contributed by atoms with E-state index >= 15 is 0 Å². The molecule has 0 nitrogen and oxygen atoms in total. The maximum absolute atomic E-state index is 0. The van der Waals surface area contributed by atoms with Crippen LogP contribution in [-0.2, 0) is 25.8 Å². The molecular weight excluding hydrogens is 133 g/mol. The second-order valence-corrected chi connectivity index (χ2v) is 0. The van der Waals surface area contributed by atoms with Gasteiger partial charge in [0.15, 0.2) is 0 Å². The minimum atomic E-state index is 0. The molecule has 4 heavy (non-hydrogen) atoms. The van der Waals surface area contributed by atoms with Crippen molar-refractivity contribution in [2.24, 2.45) is 0 Å². The molecular formula is H4MgS2Sc+2. The van der Waals surface area contributed by atoms with E-state index in [-0.39, 0.29) is 75.9 Å². The molecule has 0 N–H and O–H groups in total. The molecule has 0 unspecified atom stereocenters. The molecule has 0 amide bonds. The summed E-state index contributed by atoms with van der Waals surface area (Å²) in [6.45, 7) is 0. The molecule has 0 heterocycles. The molecule has 0 atom stereocenters. The van der Waals surface area contributed by atoms with Crippen LogP contribution in [-0.4, -0.2) is 23.1 Å². The fourth-order valence-corrected chi connectivity index (χ4v) is 0. The molecule has 0 fully saturated rings. The van der Waals surface area contributed by atoms with Crippen molar-refractivity contribution in [1.82, 2.24) is 0 Å². The minimum absolute atomic E-state index is 0. The molecule has 0 aromatic carbocycles. The van der Waals surface area contributed by atoms with E-state index in [1.807, 2.05) is 0 Å².